The second-order valence-electron chi connectivity index (χ2n) is 5.97. The molecule has 1 heterocycles. The monoisotopic (exact) mass is 383 g/mol. The van der Waals surface area contributed by atoms with Crippen LogP contribution in [0.2, 0.25) is 0 Å². The van der Waals surface area contributed by atoms with Crippen LogP contribution in [0, 0.1) is 11.7 Å². The summed E-state index contributed by atoms with van der Waals surface area (Å²) in [6.45, 7) is 1.65. The quantitative estimate of drug-likeness (QED) is 0.775. The van der Waals surface area contributed by atoms with Crippen LogP contribution in [0.1, 0.15) is 6.92 Å². The Hall–Kier alpha value is -3.68. The van der Waals surface area contributed by atoms with Crippen LogP contribution in [0.15, 0.2) is 60.3 Å². The molecular weight excluding hydrogens is 365 g/mol. The van der Waals surface area contributed by atoms with Gasteiger partial charge in [-0.05, 0) is 55.5 Å². The summed E-state index contributed by atoms with van der Waals surface area (Å²) < 4.78 is 18.2. The zero-order chi connectivity index (χ0) is 20.3. The molecule has 2 aromatic rings. The number of hydrogen-bond donors (Lipinski definition) is 2. The molecule has 2 N–H and O–H groups in total. The number of methoxy groups -OCH3 is 1. The van der Waals surface area contributed by atoms with E-state index >= 15 is 0 Å². The zero-order valence-corrected chi connectivity index (χ0v) is 15.2. The smallest absolute Gasteiger partial charge is 0.335 e. The van der Waals surface area contributed by atoms with E-state index in [4.69, 9.17) is 4.74 Å². The van der Waals surface area contributed by atoms with E-state index in [-0.39, 0.29) is 5.70 Å². The minimum atomic E-state index is -1.25. The first-order valence-electron chi connectivity index (χ1n) is 8.46. The van der Waals surface area contributed by atoms with Gasteiger partial charge in [0, 0.05) is 11.4 Å². The molecule has 1 aliphatic rings. The lowest BCUT2D eigenvalue weighted by Crippen LogP contribution is -2.59. The molecule has 28 heavy (non-hydrogen) atoms. The maximum atomic E-state index is 13.1. The highest BCUT2D eigenvalue weighted by Gasteiger charge is 2.43. The third-order valence-electron chi connectivity index (χ3n) is 4.25. The van der Waals surface area contributed by atoms with Gasteiger partial charge in [-0.2, -0.15) is 0 Å². The van der Waals surface area contributed by atoms with Crippen molar-refractivity contribution in [3.8, 4) is 5.75 Å². The first kappa shape index (κ1) is 19.1. The molecule has 1 fully saturated rings. The number of nitrogens with one attached hydrogen (secondary N) is 2. The lowest BCUT2D eigenvalue weighted by atomic mass is 9.99. The van der Waals surface area contributed by atoms with Crippen LogP contribution in [-0.4, -0.2) is 25.0 Å². The van der Waals surface area contributed by atoms with E-state index in [2.05, 4.69) is 10.6 Å². The number of halogens is 1. The average Bonchev–Trinajstić information content (AvgIpc) is 2.69. The highest BCUT2D eigenvalue weighted by molar-refractivity contribution is 6.29. The minimum Gasteiger partial charge on any atom is -0.497 e. The molecule has 0 bridgehead atoms. The van der Waals surface area contributed by atoms with Gasteiger partial charge in [0.25, 0.3) is 5.91 Å². The first-order chi connectivity index (χ1) is 13.4. The highest BCUT2D eigenvalue weighted by atomic mass is 19.1. The van der Waals surface area contributed by atoms with Gasteiger partial charge >= 0.3 is 6.03 Å². The first-order valence-corrected chi connectivity index (χ1v) is 8.46. The predicted molar refractivity (Wildman–Crippen MR) is 101 cm³/mol. The zero-order valence-electron chi connectivity index (χ0n) is 15.2. The number of carbonyl (C=O) groups is 3. The molecule has 2 aromatic carbocycles. The van der Waals surface area contributed by atoms with Crippen molar-refractivity contribution < 1.29 is 23.5 Å². The van der Waals surface area contributed by atoms with E-state index in [1.165, 1.54) is 31.4 Å². The van der Waals surface area contributed by atoms with Crippen LogP contribution >= 0.6 is 0 Å². The molecule has 1 unspecified atom stereocenters. The molecule has 3 rings (SSSR count). The van der Waals surface area contributed by atoms with E-state index in [9.17, 15) is 18.8 Å². The van der Waals surface area contributed by atoms with Crippen molar-refractivity contribution in [2.24, 2.45) is 5.92 Å². The van der Waals surface area contributed by atoms with Gasteiger partial charge in [0.1, 0.15) is 11.6 Å². The number of imide groups is 2. The number of rotatable bonds is 5. The lowest BCUT2D eigenvalue weighted by Gasteiger charge is -2.31. The molecule has 8 heteroatoms. The van der Waals surface area contributed by atoms with E-state index in [0.717, 1.165) is 4.90 Å². The Morgan fingerprint density at radius 1 is 1.11 bits per heavy atom. The molecule has 0 spiro atoms. The number of urea groups is 1. The Morgan fingerprint density at radius 2 is 1.75 bits per heavy atom. The summed E-state index contributed by atoms with van der Waals surface area (Å²) in [5.41, 5.74) is 1.08. The molecule has 1 atom stereocenters. The lowest BCUT2D eigenvalue weighted by molar-refractivity contribution is -0.132. The number of allylic oxidation sites excluding steroid dienone is 1. The molecule has 0 saturated carbocycles. The molecule has 0 radical (unpaired) electrons. The van der Waals surface area contributed by atoms with E-state index < -0.39 is 29.6 Å². The van der Waals surface area contributed by atoms with Crippen molar-refractivity contribution in [1.29, 1.82) is 0 Å². The molecule has 7 nitrogen and oxygen atoms in total. The van der Waals surface area contributed by atoms with Gasteiger partial charge in [-0.25, -0.2) is 14.1 Å². The van der Waals surface area contributed by atoms with Crippen LogP contribution in [0.25, 0.3) is 0 Å². The molecule has 0 aliphatic carbocycles. The van der Waals surface area contributed by atoms with Crippen molar-refractivity contribution in [2.75, 3.05) is 17.3 Å². The largest absolute Gasteiger partial charge is 0.497 e. The Balaban J connectivity index is 1.90. The topological polar surface area (TPSA) is 87.7 Å². The summed E-state index contributed by atoms with van der Waals surface area (Å²) in [5, 5.41) is 5.15. The summed E-state index contributed by atoms with van der Waals surface area (Å²) in [7, 11) is 1.50. The SMILES string of the molecule is CC=C(Nc1ccc(F)cc1)C1C(=O)NC(=O)N(c2ccc(OC)cc2)C1=O. The predicted octanol–water partition coefficient (Wildman–Crippen LogP) is 3.05. The Labute approximate surface area is 160 Å². The van der Waals surface area contributed by atoms with E-state index in [0.29, 0.717) is 17.1 Å². The fourth-order valence-electron chi connectivity index (χ4n) is 2.84. The van der Waals surface area contributed by atoms with Gasteiger partial charge in [-0.1, -0.05) is 6.08 Å². The number of hydrogen-bond acceptors (Lipinski definition) is 5. The second-order valence-corrected chi connectivity index (χ2v) is 5.97. The molecule has 1 saturated heterocycles. The van der Waals surface area contributed by atoms with E-state index in [1.807, 2.05) is 0 Å². The van der Waals surface area contributed by atoms with Crippen LogP contribution in [0.3, 0.4) is 0 Å². The van der Waals surface area contributed by atoms with Crippen molar-refractivity contribution in [3.63, 3.8) is 0 Å². The van der Waals surface area contributed by atoms with Gasteiger partial charge in [-0.3, -0.25) is 14.9 Å². The molecule has 1 aliphatic heterocycles. The molecule has 0 aromatic heterocycles. The van der Waals surface area contributed by atoms with Crippen molar-refractivity contribution in [2.45, 2.75) is 6.92 Å². The molecule has 144 valence electrons. The van der Waals surface area contributed by atoms with Crippen molar-refractivity contribution in [3.05, 3.63) is 66.1 Å². The number of amides is 4. The number of benzene rings is 2. The van der Waals surface area contributed by atoms with Gasteiger partial charge < -0.3 is 10.1 Å². The number of anilines is 2. The molecular formula is C20H18FN3O4. The van der Waals surface area contributed by atoms with Gasteiger partial charge in [0.2, 0.25) is 5.91 Å². The van der Waals surface area contributed by atoms with Gasteiger partial charge in [0.05, 0.1) is 12.8 Å². The summed E-state index contributed by atoms with van der Waals surface area (Å²) in [6.07, 6.45) is 1.56. The van der Waals surface area contributed by atoms with Crippen LogP contribution < -0.4 is 20.3 Å². The maximum Gasteiger partial charge on any atom is 0.335 e. The van der Waals surface area contributed by atoms with Crippen LogP contribution in [0.4, 0.5) is 20.6 Å². The maximum absolute atomic E-state index is 13.1. The summed E-state index contributed by atoms with van der Waals surface area (Å²) in [4.78, 5) is 38.6. The standard InChI is InChI=1S/C20H18FN3O4/c1-3-16(22-13-6-4-12(21)5-7-13)17-18(25)23-20(27)24(19(17)26)14-8-10-15(28-2)11-9-14/h3-11,17,22H,1-2H3,(H,23,25,27). The summed E-state index contributed by atoms with van der Waals surface area (Å²) in [5.74, 6) is -2.53. The van der Waals surface area contributed by atoms with E-state index in [1.54, 1.807) is 37.3 Å². The summed E-state index contributed by atoms with van der Waals surface area (Å²) >= 11 is 0. The second kappa shape index (κ2) is 7.91. The number of nitrogens with zero attached hydrogens (tertiary/aromatic N) is 1. The van der Waals surface area contributed by atoms with Gasteiger partial charge in [0.15, 0.2) is 5.92 Å². The van der Waals surface area contributed by atoms with Crippen LogP contribution in [-0.2, 0) is 9.59 Å². The Kier molecular flexibility index (Phi) is 5.39. The third kappa shape index (κ3) is 3.71. The summed E-state index contributed by atoms with van der Waals surface area (Å²) in [6, 6.07) is 11.0. The third-order valence-corrected chi connectivity index (χ3v) is 4.25. The Morgan fingerprint density at radius 3 is 2.32 bits per heavy atom. The van der Waals surface area contributed by atoms with Crippen molar-refractivity contribution in [1.82, 2.24) is 5.32 Å². The normalized spacial score (nSPS) is 17.4. The number of barbiturate groups is 1. The van der Waals surface area contributed by atoms with Crippen LogP contribution in [0.5, 0.6) is 5.75 Å². The fraction of sp³-hybridized carbons (Fsp3) is 0.150. The minimum absolute atomic E-state index is 0.278. The number of carbonyl (C=O) groups excluding carboxylic acids is 3. The fourth-order valence-corrected chi connectivity index (χ4v) is 2.84. The highest BCUT2D eigenvalue weighted by Crippen LogP contribution is 2.27. The number of ether oxygens (including phenoxy) is 1. The Bertz CT molecular complexity index is 939. The average molecular weight is 383 g/mol. The van der Waals surface area contributed by atoms with Gasteiger partial charge in [-0.15, -0.1) is 0 Å². The van der Waals surface area contributed by atoms with Crippen molar-refractivity contribution >= 4 is 29.2 Å². The molecule has 4 amide bonds.